The first kappa shape index (κ1) is 13.3. The maximum atomic E-state index is 12.8. The van der Waals surface area contributed by atoms with Gasteiger partial charge in [-0.05, 0) is 31.5 Å². The molecule has 0 saturated heterocycles. The van der Waals surface area contributed by atoms with E-state index in [1.165, 1.54) is 22.7 Å². The lowest BCUT2D eigenvalue weighted by Crippen LogP contribution is -2.14. The highest BCUT2D eigenvalue weighted by Gasteiger charge is 2.10. The van der Waals surface area contributed by atoms with Crippen molar-refractivity contribution >= 4 is 16.3 Å². The minimum Gasteiger partial charge on any atom is -0.307 e. The molecule has 0 amide bonds. The SMILES string of the molecule is Cc1cn2c(CNCc3ccc(F)cc3)c(C)nc2s1. The van der Waals surface area contributed by atoms with Gasteiger partial charge < -0.3 is 5.32 Å². The van der Waals surface area contributed by atoms with Gasteiger partial charge in [-0.3, -0.25) is 4.40 Å². The summed E-state index contributed by atoms with van der Waals surface area (Å²) in [7, 11) is 0. The molecule has 0 aliphatic heterocycles. The molecule has 3 rings (SSSR count). The van der Waals surface area contributed by atoms with Crippen LogP contribution < -0.4 is 5.32 Å². The molecular weight excluding hydrogens is 273 g/mol. The van der Waals surface area contributed by atoms with Crippen LogP contribution in [0.25, 0.3) is 4.96 Å². The van der Waals surface area contributed by atoms with Gasteiger partial charge in [0.15, 0.2) is 4.96 Å². The fourth-order valence-corrected chi connectivity index (χ4v) is 3.14. The van der Waals surface area contributed by atoms with Gasteiger partial charge in [0.05, 0.1) is 11.4 Å². The third kappa shape index (κ3) is 2.59. The molecule has 3 aromatic rings. The Labute approximate surface area is 121 Å². The van der Waals surface area contributed by atoms with E-state index in [0.717, 1.165) is 29.3 Å². The van der Waals surface area contributed by atoms with Crippen molar-refractivity contribution in [1.29, 1.82) is 0 Å². The molecule has 0 aliphatic carbocycles. The van der Waals surface area contributed by atoms with Gasteiger partial charge >= 0.3 is 0 Å². The molecule has 0 bridgehead atoms. The zero-order valence-corrected chi connectivity index (χ0v) is 12.3. The van der Waals surface area contributed by atoms with E-state index in [2.05, 4.69) is 27.8 Å². The summed E-state index contributed by atoms with van der Waals surface area (Å²) in [5, 5.41) is 3.39. The molecule has 0 radical (unpaired) electrons. The quantitative estimate of drug-likeness (QED) is 0.797. The monoisotopic (exact) mass is 289 g/mol. The number of halogens is 1. The van der Waals surface area contributed by atoms with Crippen LogP contribution in [-0.4, -0.2) is 9.38 Å². The van der Waals surface area contributed by atoms with E-state index in [1.807, 2.05) is 6.92 Å². The Morgan fingerprint density at radius 2 is 1.95 bits per heavy atom. The molecule has 0 saturated carbocycles. The van der Waals surface area contributed by atoms with E-state index < -0.39 is 0 Å². The van der Waals surface area contributed by atoms with Crippen molar-refractivity contribution in [3.8, 4) is 0 Å². The van der Waals surface area contributed by atoms with Crippen molar-refractivity contribution in [1.82, 2.24) is 14.7 Å². The maximum absolute atomic E-state index is 12.8. The number of benzene rings is 1. The summed E-state index contributed by atoms with van der Waals surface area (Å²) in [5.74, 6) is -0.198. The van der Waals surface area contributed by atoms with Crippen LogP contribution in [0.5, 0.6) is 0 Å². The normalized spacial score (nSPS) is 11.3. The summed E-state index contributed by atoms with van der Waals surface area (Å²) in [6.07, 6.45) is 2.12. The van der Waals surface area contributed by atoms with Crippen LogP contribution >= 0.6 is 11.3 Å². The fourth-order valence-electron chi connectivity index (χ4n) is 2.25. The smallest absolute Gasteiger partial charge is 0.194 e. The second kappa shape index (κ2) is 5.34. The van der Waals surface area contributed by atoms with E-state index in [1.54, 1.807) is 23.5 Å². The Bertz CT molecular complexity index is 727. The van der Waals surface area contributed by atoms with Gasteiger partial charge in [-0.2, -0.15) is 0 Å². The van der Waals surface area contributed by atoms with Crippen LogP contribution in [0.2, 0.25) is 0 Å². The van der Waals surface area contributed by atoms with Gasteiger partial charge in [0.25, 0.3) is 0 Å². The first-order valence-corrected chi connectivity index (χ1v) is 7.34. The molecule has 20 heavy (non-hydrogen) atoms. The van der Waals surface area contributed by atoms with Crippen LogP contribution in [-0.2, 0) is 13.1 Å². The number of hydrogen-bond donors (Lipinski definition) is 1. The van der Waals surface area contributed by atoms with Crippen LogP contribution in [0.3, 0.4) is 0 Å². The number of hydrogen-bond acceptors (Lipinski definition) is 3. The predicted molar refractivity (Wildman–Crippen MR) is 79.5 cm³/mol. The Kier molecular flexibility index (Phi) is 3.54. The minimum absolute atomic E-state index is 0.198. The van der Waals surface area contributed by atoms with Gasteiger partial charge in [0, 0.05) is 24.2 Å². The summed E-state index contributed by atoms with van der Waals surface area (Å²) >= 11 is 1.70. The number of aromatic nitrogens is 2. The number of imidazole rings is 1. The van der Waals surface area contributed by atoms with Gasteiger partial charge in [-0.25, -0.2) is 9.37 Å². The number of thiazole rings is 1. The molecule has 0 aliphatic rings. The fraction of sp³-hybridized carbons (Fsp3) is 0.267. The first-order chi connectivity index (χ1) is 9.63. The molecule has 5 heteroatoms. The molecule has 2 heterocycles. The zero-order chi connectivity index (χ0) is 14.1. The van der Waals surface area contributed by atoms with Gasteiger partial charge in [0.2, 0.25) is 0 Å². The highest BCUT2D eigenvalue weighted by atomic mass is 32.1. The third-order valence-corrected chi connectivity index (χ3v) is 4.17. The number of nitrogens with one attached hydrogen (secondary N) is 1. The summed E-state index contributed by atoms with van der Waals surface area (Å²) in [6, 6.07) is 6.58. The van der Waals surface area contributed by atoms with Crippen molar-refractivity contribution in [2.75, 3.05) is 0 Å². The molecule has 0 fully saturated rings. The van der Waals surface area contributed by atoms with Crippen molar-refractivity contribution < 1.29 is 4.39 Å². The summed E-state index contributed by atoms with van der Waals surface area (Å²) in [6.45, 7) is 5.59. The van der Waals surface area contributed by atoms with E-state index in [9.17, 15) is 4.39 Å². The van der Waals surface area contributed by atoms with E-state index in [0.29, 0.717) is 0 Å². The average molecular weight is 289 g/mol. The highest BCUT2D eigenvalue weighted by Crippen LogP contribution is 2.20. The lowest BCUT2D eigenvalue weighted by molar-refractivity contribution is 0.624. The number of aryl methyl sites for hydroxylation is 2. The minimum atomic E-state index is -0.198. The summed E-state index contributed by atoms with van der Waals surface area (Å²) in [5.41, 5.74) is 3.32. The molecule has 104 valence electrons. The van der Waals surface area contributed by atoms with E-state index in [-0.39, 0.29) is 5.82 Å². The maximum Gasteiger partial charge on any atom is 0.194 e. The molecule has 0 spiro atoms. The van der Waals surface area contributed by atoms with Crippen molar-refractivity contribution in [2.45, 2.75) is 26.9 Å². The first-order valence-electron chi connectivity index (χ1n) is 6.52. The van der Waals surface area contributed by atoms with Crippen LogP contribution in [0.15, 0.2) is 30.5 Å². The van der Waals surface area contributed by atoms with Crippen molar-refractivity contribution in [2.24, 2.45) is 0 Å². The summed E-state index contributed by atoms with van der Waals surface area (Å²) in [4.78, 5) is 6.86. The lowest BCUT2D eigenvalue weighted by atomic mass is 10.2. The van der Waals surface area contributed by atoms with Crippen LogP contribution in [0.1, 0.15) is 21.8 Å². The summed E-state index contributed by atoms with van der Waals surface area (Å²) < 4.78 is 15.0. The van der Waals surface area contributed by atoms with Gasteiger partial charge in [-0.1, -0.05) is 12.1 Å². The molecule has 0 atom stereocenters. The van der Waals surface area contributed by atoms with Gasteiger partial charge in [0.1, 0.15) is 5.82 Å². The van der Waals surface area contributed by atoms with Crippen LogP contribution in [0, 0.1) is 19.7 Å². The molecule has 2 aromatic heterocycles. The molecule has 0 unspecified atom stereocenters. The number of nitrogens with zero attached hydrogens (tertiary/aromatic N) is 2. The highest BCUT2D eigenvalue weighted by molar-refractivity contribution is 7.17. The molecule has 1 N–H and O–H groups in total. The third-order valence-electron chi connectivity index (χ3n) is 3.28. The Morgan fingerprint density at radius 3 is 2.70 bits per heavy atom. The Hall–Kier alpha value is -1.72. The zero-order valence-electron chi connectivity index (χ0n) is 11.5. The number of rotatable bonds is 4. The largest absolute Gasteiger partial charge is 0.307 e. The molecule has 1 aromatic carbocycles. The Morgan fingerprint density at radius 1 is 1.20 bits per heavy atom. The van der Waals surface area contributed by atoms with Crippen molar-refractivity contribution in [3.63, 3.8) is 0 Å². The predicted octanol–water partition coefficient (Wildman–Crippen LogP) is 3.44. The van der Waals surface area contributed by atoms with Crippen LogP contribution in [0.4, 0.5) is 4.39 Å². The molecular formula is C15H16FN3S. The second-order valence-electron chi connectivity index (χ2n) is 4.87. The lowest BCUT2D eigenvalue weighted by Gasteiger charge is -2.05. The average Bonchev–Trinajstić information content (AvgIpc) is 2.89. The van der Waals surface area contributed by atoms with Gasteiger partial charge in [-0.15, -0.1) is 11.3 Å². The van der Waals surface area contributed by atoms with E-state index >= 15 is 0 Å². The second-order valence-corrected chi connectivity index (χ2v) is 6.08. The standard InChI is InChI=1S/C15H16FN3S/c1-10-9-19-14(11(2)18-15(19)20-10)8-17-7-12-3-5-13(16)6-4-12/h3-6,9,17H,7-8H2,1-2H3. The Balaban J connectivity index is 1.70. The topological polar surface area (TPSA) is 29.3 Å². The van der Waals surface area contributed by atoms with E-state index in [4.69, 9.17) is 0 Å². The van der Waals surface area contributed by atoms with Crippen molar-refractivity contribution in [3.05, 3.63) is 58.1 Å². The molecule has 3 nitrogen and oxygen atoms in total. The number of fused-ring (bicyclic) bond motifs is 1.